The Labute approximate surface area is 110 Å². The van der Waals surface area contributed by atoms with Crippen molar-refractivity contribution < 1.29 is 14.0 Å². The predicted molar refractivity (Wildman–Crippen MR) is 71.0 cm³/mol. The fourth-order valence-electron chi connectivity index (χ4n) is 1.54. The smallest absolute Gasteiger partial charge is 0.319 e. The van der Waals surface area contributed by atoms with Gasteiger partial charge in [0, 0.05) is 11.3 Å². The van der Waals surface area contributed by atoms with E-state index in [1.165, 1.54) is 6.92 Å². The Morgan fingerprint density at radius 3 is 2.47 bits per heavy atom. The summed E-state index contributed by atoms with van der Waals surface area (Å²) in [6.45, 7) is 1.82. The van der Waals surface area contributed by atoms with Crippen molar-refractivity contribution in [2.24, 2.45) is 0 Å². The van der Waals surface area contributed by atoms with Gasteiger partial charge in [0.15, 0.2) is 5.78 Å². The molecule has 0 radical (unpaired) electrons. The Morgan fingerprint density at radius 2 is 1.89 bits per heavy atom. The van der Waals surface area contributed by atoms with Gasteiger partial charge in [-0.1, -0.05) is 0 Å². The van der Waals surface area contributed by atoms with Crippen LogP contribution in [0, 0.1) is 0 Å². The molecule has 0 saturated carbocycles. The number of carbonyl (C=O) groups excluding carboxylic acids is 2. The molecule has 5 heteroatoms. The van der Waals surface area contributed by atoms with Gasteiger partial charge in [-0.2, -0.15) is 0 Å². The molecule has 0 aliphatic heterocycles. The molecule has 0 bridgehead atoms. The third kappa shape index (κ3) is 3.70. The number of benzene rings is 1. The van der Waals surface area contributed by atoms with Gasteiger partial charge in [-0.25, -0.2) is 4.79 Å². The summed E-state index contributed by atoms with van der Waals surface area (Å²) in [5.41, 5.74) is 1.24. The number of Topliss-reactive ketones (excluding diaryl/α,β-unsaturated/α-hetero) is 1. The van der Waals surface area contributed by atoms with Crippen LogP contribution in [0.25, 0.3) is 0 Å². The second-order valence-corrected chi connectivity index (χ2v) is 4.02. The summed E-state index contributed by atoms with van der Waals surface area (Å²) in [6.07, 6.45) is 1.55. The van der Waals surface area contributed by atoms with Crippen LogP contribution in [-0.2, 0) is 6.54 Å². The number of rotatable bonds is 4. The monoisotopic (exact) mass is 258 g/mol. The fourth-order valence-corrected chi connectivity index (χ4v) is 1.54. The van der Waals surface area contributed by atoms with Crippen LogP contribution in [-0.4, -0.2) is 11.8 Å². The second-order valence-electron chi connectivity index (χ2n) is 4.02. The van der Waals surface area contributed by atoms with E-state index in [9.17, 15) is 9.59 Å². The zero-order valence-electron chi connectivity index (χ0n) is 10.5. The normalized spacial score (nSPS) is 9.95. The minimum Gasteiger partial charge on any atom is -0.467 e. The maximum atomic E-state index is 11.6. The van der Waals surface area contributed by atoms with Crippen LogP contribution in [0.2, 0.25) is 0 Å². The van der Waals surface area contributed by atoms with Crippen molar-refractivity contribution in [3.05, 3.63) is 54.0 Å². The lowest BCUT2D eigenvalue weighted by Gasteiger charge is -2.06. The number of urea groups is 1. The van der Waals surface area contributed by atoms with Crippen molar-refractivity contribution in [3.8, 4) is 0 Å². The molecular formula is C14H14N2O3. The number of nitrogens with one attached hydrogen (secondary N) is 2. The molecule has 1 heterocycles. The Morgan fingerprint density at radius 1 is 1.16 bits per heavy atom. The number of hydrogen-bond donors (Lipinski definition) is 2. The van der Waals surface area contributed by atoms with E-state index < -0.39 is 0 Å². The van der Waals surface area contributed by atoms with E-state index in [2.05, 4.69) is 10.6 Å². The minimum absolute atomic E-state index is 0.00572. The highest BCUT2D eigenvalue weighted by atomic mass is 16.3. The van der Waals surface area contributed by atoms with E-state index in [-0.39, 0.29) is 11.8 Å². The average Bonchev–Trinajstić information content (AvgIpc) is 2.90. The van der Waals surface area contributed by atoms with Gasteiger partial charge < -0.3 is 15.1 Å². The molecule has 0 saturated heterocycles. The maximum Gasteiger partial charge on any atom is 0.319 e. The topological polar surface area (TPSA) is 71.3 Å². The molecule has 0 unspecified atom stereocenters. The van der Waals surface area contributed by atoms with Crippen LogP contribution in [0.15, 0.2) is 47.1 Å². The summed E-state index contributed by atoms with van der Waals surface area (Å²) in [6, 6.07) is 9.92. The van der Waals surface area contributed by atoms with E-state index in [1.54, 1.807) is 42.7 Å². The zero-order valence-corrected chi connectivity index (χ0v) is 10.5. The first-order valence-electron chi connectivity index (χ1n) is 5.83. The van der Waals surface area contributed by atoms with E-state index in [4.69, 9.17) is 4.42 Å². The molecular weight excluding hydrogens is 244 g/mol. The lowest BCUT2D eigenvalue weighted by molar-refractivity contribution is 0.101. The van der Waals surface area contributed by atoms with Crippen LogP contribution >= 0.6 is 0 Å². The SMILES string of the molecule is CC(=O)c1ccc(NC(=O)NCc2ccco2)cc1. The molecule has 0 spiro atoms. The average molecular weight is 258 g/mol. The van der Waals surface area contributed by atoms with Crippen molar-refractivity contribution in [2.75, 3.05) is 5.32 Å². The van der Waals surface area contributed by atoms with Gasteiger partial charge in [0.25, 0.3) is 0 Å². The van der Waals surface area contributed by atoms with Crippen LogP contribution < -0.4 is 10.6 Å². The van der Waals surface area contributed by atoms with Gasteiger partial charge in [0.2, 0.25) is 0 Å². The molecule has 0 fully saturated rings. The van der Waals surface area contributed by atoms with E-state index >= 15 is 0 Å². The summed E-state index contributed by atoms with van der Waals surface area (Å²) in [5.74, 6) is 0.677. The van der Waals surface area contributed by atoms with Gasteiger partial charge >= 0.3 is 6.03 Å². The lowest BCUT2D eigenvalue weighted by atomic mass is 10.1. The number of ketones is 1. The third-order valence-corrected chi connectivity index (χ3v) is 2.55. The highest BCUT2D eigenvalue weighted by Crippen LogP contribution is 2.10. The first-order chi connectivity index (χ1) is 9.15. The summed E-state index contributed by atoms with van der Waals surface area (Å²) < 4.78 is 5.10. The highest BCUT2D eigenvalue weighted by Gasteiger charge is 2.04. The second kappa shape index (κ2) is 5.86. The molecule has 1 aromatic carbocycles. The number of furan rings is 1. The minimum atomic E-state index is -0.327. The molecule has 1 aromatic heterocycles. The molecule has 98 valence electrons. The number of hydrogen-bond acceptors (Lipinski definition) is 3. The largest absolute Gasteiger partial charge is 0.467 e. The molecule has 5 nitrogen and oxygen atoms in total. The molecule has 0 aliphatic carbocycles. The molecule has 19 heavy (non-hydrogen) atoms. The highest BCUT2D eigenvalue weighted by molar-refractivity contribution is 5.95. The Bertz CT molecular complexity index is 559. The van der Waals surface area contributed by atoms with Gasteiger partial charge in [-0.15, -0.1) is 0 Å². The van der Waals surface area contributed by atoms with Gasteiger partial charge in [0.1, 0.15) is 5.76 Å². The van der Waals surface area contributed by atoms with Crippen LogP contribution in [0.5, 0.6) is 0 Å². The summed E-state index contributed by atoms with van der Waals surface area (Å²) in [5, 5.41) is 5.33. The van der Waals surface area contributed by atoms with Crippen LogP contribution in [0.3, 0.4) is 0 Å². The van der Waals surface area contributed by atoms with Crippen molar-refractivity contribution >= 4 is 17.5 Å². The Hall–Kier alpha value is -2.56. The summed E-state index contributed by atoms with van der Waals surface area (Å²) in [7, 11) is 0. The fraction of sp³-hybridized carbons (Fsp3) is 0.143. The van der Waals surface area contributed by atoms with Crippen LogP contribution in [0.1, 0.15) is 23.0 Å². The van der Waals surface area contributed by atoms with Crippen molar-refractivity contribution in [3.63, 3.8) is 0 Å². The predicted octanol–water partition coefficient (Wildman–Crippen LogP) is 2.80. The van der Waals surface area contributed by atoms with E-state index in [1.807, 2.05) is 0 Å². The maximum absolute atomic E-state index is 11.6. The molecule has 2 aromatic rings. The molecule has 0 atom stereocenters. The Kier molecular flexibility index (Phi) is 3.97. The van der Waals surface area contributed by atoms with E-state index in [0.29, 0.717) is 23.6 Å². The zero-order chi connectivity index (χ0) is 13.7. The van der Waals surface area contributed by atoms with Crippen LogP contribution in [0.4, 0.5) is 10.5 Å². The first-order valence-corrected chi connectivity index (χ1v) is 5.83. The quantitative estimate of drug-likeness (QED) is 0.828. The van der Waals surface area contributed by atoms with Crippen molar-refractivity contribution in [2.45, 2.75) is 13.5 Å². The first kappa shape index (κ1) is 12.9. The standard InChI is InChI=1S/C14H14N2O3/c1-10(17)11-4-6-12(7-5-11)16-14(18)15-9-13-3-2-8-19-13/h2-8H,9H2,1H3,(H2,15,16,18). The van der Waals surface area contributed by atoms with Gasteiger partial charge in [0.05, 0.1) is 12.8 Å². The number of carbonyl (C=O) groups is 2. The van der Waals surface area contributed by atoms with E-state index in [0.717, 1.165) is 0 Å². The summed E-state index contributed by atoms with van der Waals surface area (Å²) >= 11 is 0. The number of anilines is 1. The third-order valence-electron chi connectivity index (χ3n) is 2.55. The Balaban J connectivity index is 1.86. The molecule has 0 aliphatic rings. The molecule has 2 rings (SSSR count). The molecule has 2 amide bonds. The number of amides is 2. The summed E-state index contributed by atoms with van der Waals surface area (Å²) in [4.78, 5) is 22.7. The lowest BCUT2D eigenvalue weighted by Crippen LogP contribution is -2.27. The van der Waals surface area contributed by atoms with Crippen molar-refractivity contribution in [1.29, 1.82) is 0 Å². The van der Waals surface area contributed by atoms with Gasteiger partial charge in [-0.05, 0) is 43.3 Å². The van der Waals surface area contributed by atoms with Gasteiger partial charge in [-0.3, -0.25) is 4.79 Å². The molecule has 2 N–H and O–H groups in total. The van der Waals surface area contributed by atoms with Crippen molar-refractivity contribution in [1.82, 2.24) is 5.32 Å².